The highest BCUT2D eigenvalue weighted by Gasteiger charge is 2.23. The second-order valence-electron chi connectivity index (χ2n) is 7.80. The number of fused-ring (bicyclic) bond motifs is 3. The Kier molecular flexibility index (Phi) is 6.34. The number of carbonyl (C=O) groups excluding carboxylic acids is 1. The number of hydrogen-bond acceptors (Lipinski definition) is 7. The van der Waals surface area contributed by atoms with Gasteiger partial charge in [0.2, 0.25) is 21.1 Å². The first-order chi connectivity index (χ1) is 14.0. The summed E-state index contributed by atoms with van der Waals surface area (Å²) >= 11 is 1.19. The fourth-order valence-electron chi connectivity index (χ4n) is 3.05. The minimum atomic E-state index is -3.58. The summed E-state index contributed by atoms with van der Waals surface area (Å²) < 4.78 is 27.0. The number of amides is 1. The second-order valence-corrected chi connectivity index (χ2v) is 10.7. The Hall–Kier alpha value is -2.24. The molecule has 2 N–H and O–H groups in total. The first kappa shape index (κ1) is 22.4. The van der Waals surface area contributed by atoms with E-state index in [0.717, 1.165) is 5.52 Å². The molecule has 2 aromatic heterocycles. The zero-order chi connectivity index (χ0) is 22.1. The third-order valence-electron chi connectivity index (χ3n) is 4.36. The molecule has 9 nitrogen and oxygen atoms in total. The summed E-state index contributed by atoms with van der Waals surface area (Å²) in [7, 11) is -3.58. The average Bonchev–Trinajstić information content (AvgIpc) is 3.02. The summed E-state index contributed by atoms with van der Waals surface area (Å²) in [4.78, 5) is 19.8. The van der Waals surface area contributed by atoms with Gasteiger partial charge in [-0.05, 0) is 39.0 Å². The number of hydrogen-bond donors (Lipinski definition) is 2. The molecule has 0 atom stereocenters. The zero-order valence-corrected chi connectivity index (χ0v) is 19.3. The van der Waals surface area contributed by atoms with Gasteiger partial charge in [-0.3, -0.25) is 4.79 Å². The maximum Gasteiger partial charge on any atom is 0.243 e. The van der Waals surface area contributed by atoms with Gasteiger partial charge in [0.05, 0.1) is 10.6 Å². The number of H-pyrrole nitrogens is 1. The monoisotopic (exact) mass is 450 g/mol. The van der Waals surface area contributed by atoms with Crippen molar-refractivity contribution in [1.29, 1.82) is 0 Å². The summed E-state index contributed by atoms with van der Waals surface area (Å²) in [5.41, 5.74) is 1.40. The molecular formula is C19H26N6O3S2. The van der Waals surface area contributed by atoms with Gasteiger partial charge in [-0.2, -0.15) is 4.31 Å². The van der Waals surface area contributed by atoms with Gasteiger partial charge in [0.25, 0.3) is 0 Å². The average molecular weight is 451 g/mol. The molecule has 0 fully saturated rings. The maximum absolute atomic E-state index is 12.8. The molecule has 2 heterocycles. The molecule has 0 saturated heterocycles. The molecule has 1 amide bonds. The van der Waals surface area contributed by atoms with E-state index in [1.807, 2.05) is 34.6 Å². The summed E-state index contributed by atoms with van der Waals surface area (Å²) in [6.07, 6.45) is 0. The summed E-state index contributed by atoms with van der Waals surface area (Å²) in [5, 5.41) is 12.2. The number of thioether (sulfide) groups is 1. The van der Waals surface area contributed by atoms with Crippen molar-refractivity contribution < 1.29 is 13.2 Å². The van der Waals surface area contributed by atoms with Gasteiger partial charge in [-0.1, -0.05) is 25.6 Å². The summed E-state index contributed by atoms with van der Waals surface area (Å²) in [6.45, 7) is 10.2. The SMILES string of the molecule is CCN(CC)S(=O)(=O)c1ccc2[nH]c3nc(SCC(=O)NC(C)(C)C)nnc3c2c1. The highest BCUT2D eigenvalue weighted by molar-refractivity contribution is 7.99. The van der Waals surface area contributed by atoms with Gasteiger partial charge in [-0.15, -0.1) is 10.2 Å². The van der Waals surface area contributed by atoms with Crippen LogP contribution in [0.3, 0.4) is 0 Å². The predicted octanol–water partition coefficient (Wildman–Crippen LogP) is 2.54. The van der Waals surface area contributed by atoms with Gasteiger partial charge >= 0.3 is 0 Å². The van der Waals surface area contributed by atoms with Crippen LogP contribution in [-0.4, -0.2) is 63.2 Å². The van der Waals surface area contributed by atoms with Crippen LogP contribution in [0.5, 0.6) is 0 Å². The van der Waals surface area contributed by atoms with Gasteiger partial charge < -0.3 is 10.3 Å². The molecule has 30 heavy (non-hydrogen) atoms. The van der Waals surface area contributed by atoms with E-state index in [9.17, 15) is 13.2 Å². The van der Waals surface area contributed by atoms with Crippen molar-refractivity contribution in [3.05, 3.63) is 18.2 Å². The largest absolute Gasteiger partial charge is 0.351 e. The highest BCUT2D eigenvalue weighted by atomic mass is 32.2. The minimum absolute atomic E-state index is 0.112. The number of aromatic nitrogens is 4. The molecule has 3 rings (SSSR count). The molecule has 0 spiro atoms. The van der Waals surface area contributed by atoms with Crippen LogP contribution in [0, 0.1) is 0 Å². The lowest BCUT2D eigenvalue weighted by Crippen LogP contribution is -2.41. The smallest absolute Gasteiger partial charge is 0.243 e. The van der Waals surface area contributed by atoms with E-state index >= 15 is 0 Å². The van der Waals surface area contributed by atoms with E-state index < -0.39 is 10.0 Å². The molecule has 162 valence electrons. The number of nitrogens with one attached hydrogen (secondary N) is 2. The predicted molar refractivity (Wildman–Crippen MR) is 118 cm³/mol. The molecule has 0 aliphatic rings. The number of aromatic amines is 1. The van der Waals surface area contributed by atoms with Crippen LogP contribution in [0.2, 0.25) is 0 Å². The lowest BCUT2D eigenvalue weighted by Gasteiger charge is -2.20. The zero-order valence-electron chi connectivity index (χ0n) is 17.7. The number of nitrogens with zero attached hydrogens (tertiary/aromatic N) is 4. The summed E-state index contributed by atoms with van der Waals surface area (Å²) in [6, 6.07) is 4.88. The second kappa shape index (κ2) is 8.48. The van der Waals surface area contributed by atoms with Crippen LogP contribution in [0.15, 0.2) is 28.3 Å². The van der Waals surface area contributed by atoms with Gasteiger partial charge in [0, 0.05) is 29.5 Å². The Morgan fingerprint density at radius 1 is 1.20 bits per heavy atom. The fourth-order valence-corrected chi connectivity index (χ4v) is 5.13. The molecule has 3 aromatic rings. The Morgan fingerprint density at radius 3 is 2.53 bits per heavy atom. The minimum Gasteiger partial charge on any atom is -0.351 e. The van der Waals surface area contributed by atoms with Crippen LogP contribution in [0.4, 0.5) is 0 Å². The van der Waals surface area contributed by atoms with Crippen molar-refractivity contribution in [2.45, 2.75) is 50.2 Å². The van der Waals surface area contributed by atoms with E-state index in [-0.39, 0.29) is 22.1 Å². The Labute approximate surface area is 180 Å². The van der Waals surface area contributed by atoms with Crippen LogP contribution in [0.25, 0.3) is 22.1 Å². The van der Waals surface area contributed by atoms with Crippen molar-refractivity contribution in [2.24, 2.45) is 0 Å². The van der Waals surface area contributed by atoms with Crippen molar-refractivity contribution in [3.8, 4) is 0 Å². The van der Waals surface area contributed by atoms with Crippen molar-refractivity contribution in [1.82, 2.24) is 29.8 Å². The molecule has 0 bridgehead atoms. The summed E-state index contributed by atoms with van der Waals surface area (Å²) in [5.74, 6) is 0.0656. The van der Waals surface area contributed by atoms with Crippen molar-refractivity contribution >= 4 is 49.8 Å². The molecule has 0 aliphatic heterocycles. The molecule has 0 aliphatic carbocycles. The van der Waals surface area contributed by atoms with Crippen LogP contribution < -0.4 is 5.32 Å². The molecule has 0 unspecified atom stereocenters. The first-order valence-corrected chi connectivity index (χ1v) is 12.1. The van der Waals surface area contributed by atoms with Gasteiger partial charge in [-0.25, -0.2) is 13.4 Å². The third-order valence-corrected chi connectivity index (χ3v) is 7.24. The van der Waals surface area contributed by atoms with Gasteiger partial charge in [0.15, 0.2) is 5.65 Å². The lowest BCUT2D eigenvalue weighted by molar-refractivity contribution is -0.119. The maximum atomic E-state index is 12.8. The standard InChI is InChI=1S/C19H26N6O3S2/c1-6-25(7-2)30(27,28)12-8-9-14-13(10-12)16-17(20-14)21-18(24-23-16)29-11-15(26)22-19(3,4)5/h8-10H,6-7,11H2,1-5H3,(H,22,26)(H,20,21,24). The number of carbonyl (C=O) groups is 1. The normalized spacial score (nSPS) is 12.7. The van der Waals surface area contributed by atoms with E-state index in [0.29, 0.717) is 34.8 Å². The number of sulfonamides is 1. The molecule has 11 heteroatoms. The van der Waals surface area contributed by atoms with E-state index in [1.54, 1.807) is 18.2 Å². The van der Waals surface area contributed by atoms with E-state index in [2.05, 4.69) is 25.5 Å². The Morgan fingerprint density at radius 2 is 1.90 bits per heavy atom. The quantitative estimate of drug-likeness (QED) is 0.531. The Bertz CT molecular complexity index is 1180. The Balaban J connectivity index is 1.89. The van der Waals surface area contributed by atoms with Gasteiger partial charge in [0.1, 0.15) is 5.52 Å². The lowest BCUT2D eigenvalue weighted by atomic mass is 10.1. The van der Waals surface area contributed by atoms with Crippen LogP contribution >= 0.6 is 11.8 Å². The number of rotatable bonds is 7. The molecular weight excluding hydrogens is 424 g/mol. The van der Waals surface area contributed by atoms with Crippen LogP contribution in [-0.2, 0) is 14.8 Å². The third kappa shape index (κ3) is 4.73. The fraction of sp³-hybridized carbons (Fsp3) is 0.474. The molecule has 1 aromatic carbocycles. The van der Waals surface area contributed by atoms with Crippen molar-refractivity contribution in [2.75, 3.05) is 18.8 Å². The molecule has 0 radical (unpaired) electrons. The van der Waals surface area contributed by atoms with Crippen molar-refractivity contribution in [3.63, 3.8) is 0 Å². The van der Waals surface area contributed by atoms with E-state index in [1.165, 1.54) is 16.1 Å². The molecule has 0 saturated carbocycles. The highest BCUT2D eigenvalue weighted by Crippen LogP contribution is 2.27. The van der Waals surface area contributed by atoms with Crippen LogP contribution in [0.1, 0.15) is 34.6 Å². The number of benzene rings is 1. The topological polar surface area (TPSA) is 121 Å². The first-order valence-electron chi connectivity index (χ1n) is 9.65. The van der Waals surface area contributed by atoms with E-state index in [4.69, 9.17) is 0 Å².